The summed E-state index contributed by atoms with van der Waals surface area (Å²) in [6.07, 6.45) is 0.694. The van der Waals surface area contributed by atoms with Crippen molar-refractivity contribution in [2.75, 3.05) is 6.54 Å². The van der Waals surface area contributed by atoms with Crippen LogP contribution in [0, 0.1) is 17.7 Å². The Morgan fingerprint density at radius 2 is 2.05 bits per heavy atom. The second kappa shape index (κ2) is 7.98. The summed E-state index contributed by atoms with van der Waals surface area (Å²) in [4.78, 5) is 22.8. The zero-order chi connectivity index (χ0) is 16.0. The lowest BCUT2D eigenvalue weighted by Crippen LogP contribution is -2.31. The number of carbonyl (C=O) groups excluding carboxylic acids is 1. The van der Waals surface area contributed by atoms with E-state index in [0.29, 0.717) is 12.3 Å². The summed E-state index contributed by atoms with van der Waals surface area (Å²) >= 11 is 5.81. The average molecular weight is 316 g/mol. The minimum Gasteiger partial charge on any atom is -0.481 e. The Morgan fingerprint density at radius 3 is 2.57 bits per heavy atom. The third-order valence-electron chi connectivity index (χ3n) is 3.00. The smallest absolute Gasteiger partial charge is 0.303 e. The number of carboxylic acids is 1. The molecule has 0 radical (unpaired) electrons. The number of aliphatic carboxylic acids is 1. The molecular formula is C15H19ClFNO3. The minimum atomic E-state index is -0.894. The molecule has 0 bridgehead atoms. The Labute approximate surface area is 128 Å². The molecule has 1 aromatic carbocycles. The van der Waals surface area contributed by atoms with Crippen LogP contribution in [0.2, 0.25) is 5.02 Å². The Hall–Kier alpha value is -1.62. The van der Waals surface area contributed by atoms with Gasteiger partial charge in [-0.25, -0.2) is 4.39 Å². The summed E-state index contributed by atoms with van der Waals surface area (Å²) in [5.41, 5.74) is 0.177. The molecule has 1 rings (SSSR count). The van der Waals surface area contributed by atoms with E-state index < -0.39 is 17.7 Å². The fraction of sp³-hybridized carbons (Fsp3) is 0.467. The highest BCUT2D eigenvalue weighted by atomic mass is 35.5. The van der Waals surface area contributed by atoms with Crippen molar-refractivity contribution in [3.05, 3.63) is 34.6 Å². The maximum atomic E-state index is 12.9. The number of nitrogens with one attached hydrogen (secondary N) is 1. The summed E-state index contributed by atoms with van der Waals surface area (Å²) in [6, 6.07) is 3.53. The van der Waals surface area contributed by atoms with Crippen LogP contribution in [0.3, 0.4) is 0 Å². The Kier molecular flexibility index (Phi) is 6.62. The van der Waals surface area contributed by atoms with Crippen LogP contribution >= 0.6 is 11.6 Å². The maximum Gasteiger partial charge on any atom is 0.303 e. The summed E-state index contributed by atoms with van der Waals surface area (Å²) in [7, 11) is 0. The molecular weight excluding hydrogens is 297 g/mol. The fourth-order valence-corrected chi connectivity index (χ4v) is 2.41. The molecule has 0 unspecified atom stereocenters. The summed E-state index contributed by atoms with van der Waals surface area (Å²) in [5.74, 6) is -1.65. The van der Waals surface area contributed by atoms with E-state index in [1.807, 2.05) is 13.8 Å². The largest absolute Gasteiger partial charge is 0.481 e. The molecule has 2 N–H and O–H groups in total. The van der Waals surface area contributed by atoms with Crippen molar-refractivity contribution in [1.82, 2.24) is 5.32 Å². The zero-order valence-corrected chi connectivity index (χ0v) is 12.8. The summed E-state index contributed by atoms with van der Waals surface area (Å²) in [6.45, 7) is 4.23. The van der Waals surface area contributed by atoms with Crippen LogP contribution in [0.25, 0.3) is 0 Å². The van der Waals surface area contributed by atoms with E-state index in [2.05, 4.69) is 5.32 Å². The van der Waals surface area contributed by atoms with Gasteiger partial charge in [-0.2, -0.15) is 0 Å². The van der Waals surface area contributed by atoms with Crippen molar-refractivity contribution in [3.8, 4) is 0 Å². The molecule has 4 nitrogen and oxygen atoms in total. The van der Waals surface area contributed by atoms with Gasteiger partial charge in [0.25, 0.3) is 5.91 Å². The van der Waals surface area contributed by atoms with Gasteiger partial charge in [-0.15, -0.1) is 0 Å². The molecule has 0 saturated carbocycles. The SMILES string of the molecule is CC(C)C[C@H](CNC(=O)c1ccc(F)cc1Cl)CC(=O)O. The number of halogens is 2. The van der Waals surface area contributed by atoms with E-state index in [9.17, 15) is 14.0 Å². The number of benzene rings is 1. The molecule has 0 aliphatic carbocycles. The van der Waals surface area contributed by atoms with Crippen LogP contribution < -0.4 is 5.32 Å². The first-order valence-corrected chi connectivity index (χ1v) is 7.12. The number of carboxylic acid groups (broad SMARTS) is 1. The fourth-order valence-electron chi connectivity index (χ4n) is 2.16. The van der Waals surface area contributed by atoms with E-state index in [1.54, 1.807) is 0 Å². The van der Waals surface area contributed by atoms with Gasteiger partial charge in [-0.05, 0) is 36.5 Å². The highest BCUT2D eigenvalue weighted by Gasteiger charge is 2.17. The van der Waals surface area contributed by atoms with Gasteiger partial charge in [0.15, 0.2) is 0 Å². The van der Waals surface area contributed by atoms with Crippen LogP contribution in [-0.2, 0) is 4.79 Å². The first-order chi connectivity index (χ1) is 9.79. The lowest BCUT2D eigenvalue weighted by atomic mass is 9.94. The molecule has 0 fully saturated rings. The lowest BCUT2D eigenvalue weighted by Gasteiger charge is -2.18. The van der Waals surface area contributed by atoms with Gasteiger partial charge in [0.1, 0.15) is 5.82 Å². The van der Waals surface area contributed by atoms with E-state index in [-0.39, 0.29) is 29.5 Å². The summed E-state index contributed by atoms with van der Waals surface area (Å²) < 4.78 is 12.9. The van der Waals surface area contributed by atoms with Crippen molar-refractivity contribution in [3.63, 3.8) is 0 Å². The van der Waals surface area contributed by atoms with Gasteiger partial charge in [-0.3, -0.25) is 9.59 Å². The topological polar surface area (TPSA) is 66.4 Å². The Balaban J connectivity index is 2.65. The molecule has 1 atom stereocenters. The first-order valence-electron chi connectivity index (χ1n) is 6.74. The molecule has 0 saturated heterocycles. The van der Waals surface area contributed by atoms with Gasteiger partial charge < -0.3 is 10.4 Å². The second-order valence-electron chi connectivity index (χ2n) is 5.43. The van der Waals surface area contributed by atoms with Crippen LogP contribution in [-0.4, -0.2) is 23.5 Å². The molecule has 1 amide bonds. The first kappa shape index (κ1) is 17.4. The summed E-state index contributed by atoms with van der Waals surface area (Å²) in [5, 5.41) is 11.6. The second-order valence-corrected chi connectivity index (χ2v) is 5.83. The van der Waals surface area contributed by atoms with Gasteiger partial charge >= 0.3 is 5.97 Å². The molecule has 116 valence electrons. The lowest BCUT2D eigenvalue weighted by molar-refractivity contribution is -0.138. The predicted octanol–water partition coefficient (Wildman–Crippen LogP) is 3.35. The monoisotopic (exact) mass is 315 g/mol. The van der Waals surface area contributed by atoms with Crippen molar-refractivity contribution in [2.24, 2.45) is 11.8 Å². The molecule has 0 spiro atoms. The van der Waals surface area contributed by atoms with Gasteiger partial charge in [0.05, 0.1) is 10.6 Å². The van der Waals surface area contributed by atoms with Crippen molar-refractivity contribution < 1.29 is 19.1 Å². The molecule has 6 heteroatoms. The molecule has 1 aromatic rings. The normalized spacial score (nSPS) is 12.2. The van der Waals surface area contributed by atoms with Crippen molar-refractivity contribution in [1.29, 1.82) is 0 Å². The predicted molar refractivity (Wildman–Crippen MR) is 78.9 cm³/mol. The van der Waals surface area contributed by atoms with E-state index in [1.165, 1.54) is 6.07 Å². The number of rotatable bonds is 7. The third-order valence-corrected chi connectivity index (χ3v) is 3.31. The van der Waals surface area contributed by atoms with E-state index >= 15 is 0 Å². The maximum absolute atomic E-state index is 12.9. The third kappa shape index (κ3) is 6.12. The van der Waals surface area contributed by atoms with Gasteiger partial charge in [0.2, 0.25) is 0 Å². The van der Waals surface area contributed by atoms with Gasteiger partial charge in [0, 0.05) is 13.0 Å². The number of hydrogen-bond donors (Lipinski definition) is 2. The van der Waals surface area contributed by atoms with Crippen LogP contribution in [0.5, 0.6) is 0 Å². The van der Waals surface area contributed by atoms with Crippen LogP contribution in [0.15, 0.2) is 18.2 Å². The number of amides is 1. The quantitative estimate of drug-likeness (QED) is 0.811. The van der Waals surface area contributed by atoms with E-state index in [0.717, 1.165) is 12.1 Å². The molecule has 0 heterocycles. The average Bonchev–Trinajstić information content (AvgIpc) is 2.34. The molecule has 21 heavy (non-hydrogen) atoms. The Bertz CT molecular complexity index is 520. The number of hydrogen-bond acceptors (Lipinski definition) is 2. The van der Waals surface area contributed by atoms with Gasteiger partial charge in [-0.1, -0.05) is 25.4 Å². The van der Waals surface area contributed by atoms with Crippen molar-refractivity contribution in [2.45, 2.75) is 26.7 Å². The number of carbonyl (C=O) groups is 2. The molecule has 0 aromatic heterocycles. The van der Waals surface area contributed by atoms with Crippen LogP contribution in [0.4, 0.5) is 4.39 Å². The highest BCUT2D eigenvalue weighted by molar-refractivity contribution is 6.33. The molecule has 0 aliphatic rings. The Morgan fingerprint density at radius 1 is 1.38 bits per heavy atom. The van der Waals surface area contributed by atoms with E-state index in [4.69, 9.17) is 16.7 Å². The highest BCUT2D eigenvalue weighted by Crippen LogP contribution is 2.18. The zero-order valence-electron chi connectivity index (χ0n) is 12.0. The van der Waals surface area contributed by atoms with Crippen LogP contribution in [0.1, 0.15) is 37.0 Å². The van der Waals surface area contributed by atoms with Crippen molar-refractivity contribution >= 4 is 23.5 Å². The minimum absolute atomic E-state index is 0.00436. The standard InChI is InChI=1S/C15H19ClFNO3/c1-9(2)5-10(6-14(19)20)8-18-15(21)12-4-3-11(17)7-13(12)16/h3-4,7,9-10H,5-6,8H2,1-2H3,(H,18,21)(H,19,20)/t10-/m0/s1. The molecule has 0 aliphatic heterocycles.